The maximum Gasteiger partial charge on any atom is 0.314 e. The predicted molar refractivity (Wildman–Crippen MR) is 55.8 cm³/mol. The Hall–Kier alpha value is -1.69. The van der Waals surface area contributed by atoms with Crippen LogP contribution in [0.25, 0.3) is 0 Å². The number of pyridine rings is 1. The van der Waals surface area contributed by atoms with Crippen molar-refractivity contribution in [3.8, 4) is 0 Å². The first-order chi connectivity index (χ1) is 7.06. The lowest BCUT2D eigenvalue weighted by atomic mass is 10.2. The molecule has 1 unspecified atom stereocenters. The van der Waals surface area contributed by atoms with Gasteiger partial charge in [0.15, 0.2) is 0 Å². The molecular formula is C9H13N3O3. The molecule has 0 aromatic carbocycles. The van der Waals surface area contributed by atoms with Crippen LogP contribution in [0, 0.1) is 17.0 Å². The molecule has 0 aliphatic rings. The molecule has 1 aromatic heterocycles. The van der Waals surface area contributed by atoms with Crippen molar-refractivity contribution in [2.24, 2.45) is 0 Å². The topological polar surface area (TPSA) is 88.3 Å². The van der Waals surface area contributed by atoms with Crippen LogP contribution in [0.5, 0.6) is 0 Å². The Morgan fingerprint density at radius 2 is 2.40 bits per heavy atom. The monoisotopic (exact) mass is 211 g/mol. The number of aromatic nitrogens is 1. The first-order valence-electron chi connectivity index (χ1n) is 4.53. The van der Waals surface area contributed by atoms with E-state index in [-0.39, 0.29) is 24.2 Å². The molecule has 15 heavy (non-hydrogen) atoms. The maximum absolute atomic E-state index is 10.8. The number of aryl methyl sites for hydroxylation is 1. The molecule has 0 fully saturated rings. The molecule has 0 spiro atoms. The second kappa shape index (κ2) is 4.70. The lowest BCUT2D eigenvalue weighted by molar-refractivity contribution is -0.384. The lowest BCUT2D eigenvalue weighted by Crippen LogP contribution is -2.21. The summed E-state index contributed by atoms with van der Waals surface area (Å²) in [6.45, 7) is 3.26. The van der Waals surface area contributed by atoms with Gasteiger partial charge in [-0.3, -0.25) is 10.1 Å². The molecule has 82 valence electrons. The highest BCUT2D eigenvalue weighted by Gasteiger charge is 2.19. The number of hydrogen-bond donors (Lipinski definition) is 2. The molecule has 1 heterocycles. The van der Waals surface area contributed by atoms with Gasteiger partial charge in [0.05, 0.1) is 11.5 Å². The molecular weight excluding hydrogens is 198 g/mol. The van der Waals surface area contributed by atoms with Crippen molar-refractivity contribution in [2.75, 3.05) is 11.9 Å². The van der Waals surface area contributed by atoms with Crippen LogP contribution < -0.4 is 5.32 Å². The van der Waals surface area contributed by atoms with Crippen molar-refractivity contribution in [1.82, 2.24) is 4.98 Å². The van der Waals surface area contributed by atoms with Gasteiger partial charge in [-0.15, -0.1) is 0 Å². The Bertz CT molecular complexity index is 368. The fourth-order valence-corrected chi connectivity index (χ4v) is 1.17. The van der Waals surface area contributed by atoms with Gasteiger partial charge in [0.2, 0.25) is 5.82 Å². The summed E-state index contributed by atoms with van der Waals surface area (Å²) in [7, 11) is 0. The molecule has 6 heteroatoms. The number of anilines is 1. The summed E-state index contributed by atoms with van der Waals surface area (Å²) in [4.78, 5) is 14.2. The van der Waals surface area contributed by atoms with Crippen molar-refractivity contribution < 1.29 is 10.0 Å². The van der Waals surface area contributed by atoms with Crippen LogP contribution in [-0.4, -0.2) is 27.7 Å². The number of aliphatic hydroxyl groups is 1. The minimum atomic E-state index is -0.477. The second-order valence-electron chi connectivity index (χ2n) is 3.31. The standard InChI is InChI=1S/C9H13N3O3/c1-6-3-4-10-9(8(6)12(14)15)11-7(2)5-13/h3-4,7,13H,5H2,1-2H3,(H,10,11). The average molecular weight is 211 g/mol. The van der Waals surface area contributed by atoms with E-state index in [1.807, 2.05) is 0 Å². The molecule has 1 atom stereocenters. The Labute approximate surface area is 87.1 Å². The van der Waals surface area contributed by atoms with Crippen LogP contribution in [0.4, 0.5) is 11.5 Å². The maximum atomic E-state index is 10.8. The van der Waals surface area contributed by atoms with E-state index in [1.54, 1.807) is 19.9 Å². The lowest BCUT2D eigenvalue weighted by Gasteiger charge is -2.11. The zero-order chi connectivity index (χ0) is 11.4. The number of nitrogens with one attached hydrogen (secondary N) is 1. The number of hydrogen-bond acceptors (Lipinski definition) is 5. The van der Waals surface area contributed by atoms with Crippen molar-refractivity contribution in [3.63, 3.8) is 0 Å². The van der Waals surface area contributed by atoms with Crippen molar-refractivity contribution in [1.29, 1.82) is 0 Å². The molecule has 1 rings (SSSR count). The van der Waals surface area contributed by atoms with E-state index in [1.165, 1.54) is 6.20 Å². The Kier molecular flexibility index (Phi) is 3.56. The van der Waals surface area contributed by atoms with Gasteiger partial charge in [-0.05, 0) is 19.9 Å². The zero-order valence-electron chi connectivity index (χ0n) is 8.60. The molecule has 6 nitrogen and oxygen atoms in total. The van der Waals surface area contributed by atoms with E-state index < -0.39 is 4.92 Å². The average Bonchev–Trinajstić information content (AvgIpc) is 2.17. The van der Waals surface area contributed by atoms with Gasteiger partial charge in [-0.2, -0.15) is 0 Å². The molecule has 0 radical (unpaired) electrons. The van der Waals surface area contributed by atoms with E-state index in [4.69, 9.17) is 5.11 Å². The molecule has 0 saturated carbocycles. The molecule has 0 amide bonds. The molecule has 0 aliphatic heterocycles. The van der Waals surface area contributed by atoms with Gasteiger partial charge in [-0.25, -0.2) is 4.98 Å². The number of nitrogens with zero attached hydrogens (tertiary/aromatic N) is 2. The summed E-state index contributed by atoms with van der Waals surface area (Å²) < 4.78 is 0. The van der Waals surface area contributed by atoms with Gasteiger partial charge in [0, 0.05) is 17.8 Å². The summed E-state index contributed by atoms with van der Waals surface area (Å²) in [6, 6.07) is 1.31. The van der Waals surface area contributed by atoms with Gasteiger partial charge in [0.25, 0.3) is 0 Å². The minimum Gasteiger partial charge on any atom is -0.394 e. The van der Waals surface area contributed by atoms with Crippen LogP contribution in [-0.2, 0) is 0 Å². The van der Waals surface area contributed by atoms with Crippen LogP contribution in [0.1, 0.15) is 12.5 Å². The van der Waals surface area contributed by atoms with Gasteiger partial charge in [0.1, 0.15) is 0 Å². The van der Waals surface area contributed by atoms with E-state index in [9.17, 15) is 10.1 Å². The smallest absolute Gasteiger partial charge is 0.314 e. The van der Waals surface area contributed by atoms with E-state index in [2.05, 4.69) is 10.3 Å². The normalized spacial score (nSPS) is 12.2. The summed E-state index contributed by atoms with van der Waals surface area (Å²) >= 11 is 0. The highest BCUT2D eigenvalue weighted by Crippen LogP contribution is 2.25. The van der Waals surface area contributed by atoms with Crippen molar-refractivity contribution >= 4 is 11.5 Å². The Morgan fingerprint density at radius 3 is 2.93 bits per heavy atom. The summed E-state index contributed by atoms with van der Waals surface area (Å²) in [6.07, 6.45) is 1.49. The third kappa shape index (κ3) is 2.63. The van der Waals surface area contributed by atoms with Crippen molar-refractivity contribution in [3.05, 3.63) is 27.9 Å². The van der Waals surface area contributed by atoms with E-state index in [0.29, 0.717) is 5.56 Å². The first-order valence-corrected chi connectivity index (χ1v) is 4.53. The van der Waals surface area contributed by atoms with Crippen molar-refractivity contribution in [2.45, 2.75) is 19.9 Å². The van der Waals surface area contributed by atoms with E-state index in [0.717, 1.165) is 0 Å². The largest absolute Gasteiger partial charge is 0.394 e. The molecule has 0 saturated heterocycles. The highest BCUT2D eigenvalue weighted by molar-refractivity contribution is 5.60. The van der Waals surface area contributed by atoms with E-state index >= 15 is 0 Å². The summed E-state index contributed by atoms with van der Waals surface area (Å²) in [5.74, 6) is 0.196. The first kappa shape index (κ1) is 11.4. The van der Waals surface area contributed by atoms with Gasteiger partial charge in [-0.1, -0.05) is 0 Å². The molecule has 0 bridgehead atoms. The fourth-order valence-electron chi connectivity index (χ4n) is 1.17. The third-order valence-electron chi connectivity index (χ3n) is 1.97. The summed E-state index contributed by atoms with van der Waals surface area (Å²) in [5, 5.41) is 22.4. The van der Waals surface area contributed by atoms with Crippen LogP contribution in [0.15, 0.2) is 12.3 Å². The predicted octanol–water partition coefficient (Wildman–Crippen LogP) is 1.09. The SMILES string of the molecule is Cc1ccnc(NC(C)CO)c1[N+](=O)[O-]. The number of nitro groups is 1. The Morgan fingerprint density at radius 1 is 1.73 bits per heavy atom. The highest BCUT2D eigenvalue weighted by atomic mass is 16.6. The molecule has 0 aliphatic carbocycles. The Balaban J connectivity index is 3.06. The molecule has 1 aromatic rings. The van der Waals surface area contributed by atoms with Gasteiger partial charge >= 0.3 is 5.69 Å². The third-order valence-corrected chi connectivity index (χ3v) is 1.97. The number of aliphatic hydroxyl groups excluding tert-OH is 1. The summed E-state index contributed by atoms with van der Waals surface area (Å²) in [5.41, 5.74) is 0.500. The fraction of sp³-hybridized carbons (Fsp3) is 0.444. The number of rotatable bonds is 4. The molecule has 2 N–H and O–H groups in total. The van der Waals surface area contributed by atoms with Gasteiger partial charge < -0.3 is 10.4 Å². The van der Waals surface area contributed by atoms with Crippen LogP contribution >= 0.6 is 0 Å². The van der Waals surface area contributed by atoms with Crippen LogP contribution in [0.2, 0.25) is 0 Å². The quantitative estimate of drug-likeness (QED) is 0.575. The zero-order valence-corrected chi connectivity index (χ0v) is 8.60. The minimum absolute atomic E-state index is 0.0437. The van der Waals surface area contributed by atoms with Crippen LogP contribution in [0.3, 0.4) is 0 Å². The second-order valence-corrected chi connectivity index (χ2v) is 3.31.